The van der Waals surface area contributed by atoms with Crippen molar-refractivity contribution in [2.24, 2.45) is 5.92 Å². The third kappa shape index (κ3) is 2.60. The van der Waals surface area contributed by atoms with E-state index in [1.54, 1.807) is 0 Å². The minimum Gasteiger partial charge on any atom is -0.316 e. The second kappa shape index (κ2) is 4.93. The van der Waals surface area contributed by atoms with E-state index in [2.05, 4.69) is 5.32 Å². The number of carbonyl (C=O) groups is 1. The van der Waals surface area contributed by atoms with Gasteiger partial charge >= 0.3 is 0 Å². The Balaban J connectivity index is 2.19. The normalized spacial score (nSPS) is 20.8. The van der Waals surface area contributed by atoms with Gasteiger partial charge < -0.3 is 5.32 Å². The average molecular weight is 242 g/mol. The van der Waals surface area contributed by atoms with E-state index in [9.17, 15) is 9.18 Å². The fourth-order valence-electron chi connectivity index (χ4n) is 2.01. The highest BCUT2D eigenvalue weighted by Gasteiger charge is 2.22. The van der Waals surface area contributed by atoms with Gasteiger partial charge in [0.1, 0.15) is 5.82 Å². The van der Waals surface area contributed by atoms with Gasteiger partial charge in [-0.05, 0) is 37.6 Å². The molecule has 16 heavy (non-hydrogen) atoms. The van der Waals surface area contributed by atoms with Gasteiger partial charge in [0.25, 0.3) is 0 Å². The van der Waals surface area contributed by atoms with E-state index in [1.165, 1.54) is 18.2 Å². The van der Waals surface area contributed by atoms with E-state index in [-0.39, 0.29) is 16.7 Å². The summed E-state index contributed by atoms with van der Waals surface area (Å²) in [5.74, 6) is -0.528. The Morgan fingerprint density at radius 3 is 2.88 bits per heavy atom. The fourth-order valence-corrected chi connectivity index (χ4v) is 2.23. The summed E-state index contributed by atoms with van der Waals surface area (Å²) in [6.45, 7) is 1.63. The minimum absolute atomic E-state index is 0.0198. The average Bonchev–Trinajstić information content (AvgIpc) is 2.28. The number of hydrogen-bond acceptors (Lipinski definition) is 2. The van der Waals surface area contributed by atoms with Crippen LogP contribution in [0, 0.1) is 11.7 Å². The standard InChI is InChI=1S/C12H13ClFNO/c13-10-4-9(5-11(14)6-10)12(16)8-2-1-3-15-7-8/h4-6,8,15H,1-3,7H2. The maximum atomic E-state index is 13.1. The van der Waals surface area contributed by atoms with Crippen LogP contribution in [0.5, 0.6) is 0 Å². The van der Waals surface area contributed by atoms with Crippen LogP contribution in [-0.4, -0.2) is 18.9 Å². The molecule has 0 bridgehead atoms. The summed E-state index contributed by atoms with van der Waals surface area (Å²) >= 11 is 5.73. The Hall–Kier alpha value is -0.930. The van der Waals surface area contributed by atoms with Crippen molar-refractivity contribution in [3.05, 3.63) is 34.6 Å². The number of halogens is 2. The third-order valence-electron chi connectivity index (χ3n) is 2.81. The van der Waals surface area contributed by atoms with Crippen LogP contribution in [0.15, 0.2) is 18.2 Å². The monoisotopic (exact) mass is 241 g/mol. The third-order valence-corrected chi connectivity index (χ3v) is 3.03. The van der Waals surface area contributed by atoms with Gasteiger partial charge in [0.2, 0.25) is 0 Å². The molecule has 0 amide bonds. The first-order valence-electron chi connectivity index (χ1n) is 5.38. The smallest absolute Gasteiger partial charge is 0.167 e. The highest BCUT2D eigenvalue weighted by Crippen LogP contribution is 2.20. The summed E-state index contributed by atoms with van der Waals surface area (Å²) in [7, 11) is 0. The number of nitrogens with one attached hydrogen (secondary N) is 1. The predicted molar refractivity (Wildman–Crippen MR) is 61.3 cm³/mol. The van der Waals surface area contributed by atoms with Crippen LogP contribution in [0.1, 0.15) is 23.2 Å². The Morgan fingerprint density at radius 2 is 2.25 bits per heavy atom. The lowest BCUT2D eigenvalue weighted by molar-refractivity contribution is 0.0899. The minimum atomic E-state index is -0.459. The van der Waals surface area contributed by atoms with E-state index in [1.807, 2.05) is 0 Å². The summed E-state index contributed by atoms with van der Waals surface area (Å²) in [5.41, 5.74) is 0.374. The molecule has 0 spiro atoms. The molecular formula is C12H13ClFNO. The molecule has 0 aromatic heterocycles. The molecule has 1 unspecified atom stereocenters. The van der Waals surface area contributed by atoms with Crippen molar-refractivity contribution in [2.45, 2.75) is 12.8 Å². The first kappa shape index (κ1) is 11.6. The largest absolute Gasteiger partial charge is 0.316 e. The van der Waals surface area contributed by atoms with Crippen molar-refractivity contribution < 1.29 is 9.18 Å². The van der Waals surface area contributed by atoms with E-state index in [0.29, 0.717) is 12.1 Å². The summed E-state index contributed by atoms with van der Waals surface area (Å²) < 4.78 is 13.1. The Kier molecular flexibility index (Phi) is 3.56. The van der Waals surface area contributed by atoms with Gasteiger partial charge in [-0.1, -0.05) is 11.6 Å². The highest BCUT2D eigenvalue weighted by molar-refractivity contribution is 6.31. The van der Waals surface area contributed by atoms with Gasteiger partial charge in [-0.3, -0.25) is 4.79 Å². The molecule has 1 heterocycles. The maximum absolute atomic E-state index is 13.1. The topological polar surface area (TPSA) is 29.1 Å². The van der Waals surface area contributed by atoms with Crippen LogP contribution in [0.4, 0.5) is 4.39 Å². The first-order chi connectivity index (χ1) is 7.66. The van der Waals surface area contributed by atoms with Gasteiger partial charge in [-0.15, -0.1) is 0 Å². The zero-order valence-electron chi connectivity index (χ0n) is 8.80. The summed E-state index contributed by atoms with van der Waals surface area (Å²) in [6, 6.07) is 3.99. The molecule has 4 heteroatoms. The summed E-state index contributed by atoms with van der Waals surface area (Å²) in [4.78, 5) is 12.0. The number of hydrogen-bond donors (Lipinski definition) is 1. The molecule has 1 N–H and O–H groups in total. The molecule has 1 aromatic rings. The number of benzene rings is 1. The van der Waals surface area contributed by atoms with E-state index in [4.69, 9.17) is 11.6 Å². The number of Topliss-reactive ketones (excluding diaryl/α,β-unsaturated/α-hetero) is 1. The molecule has 1 saturated heterocycles. The van der Waals surface area contributed by atoms with Gasteiger partial charge in [0.05, 0.1) is 0 Å². The van der Waals surface area contributed by atoms with Gasteiger partial charge in [0.15, 0.2) is 5.78 Å². The number of piperidine rings is 1. The fraction of sp³-hybridized carbons (Fsp3) is 0.417. The summed E-state index contributed by atoms with van der Waals surface area (Å²) in [5, 5.41) is 3.44. The van der Waals surface area contributed by atoms with Gasteiger partial charge in [0, 0.05) is 23.0 Å². The molecule has 2 rings (SSSR count). The molecule has 0 aliphatic carbocycles. The zero-order valence-corrected chi connectivity index (χ0v) is 9.56. The lowest BCUT2D eigenvalue weighted by atomic mass is 9.91. The molecular weight excluding hydrogens is 229 g/mol. The Bertz CT molecular complexity index is 382. The van der Waals surface area contributed by atoms with E-state index in [0.717, 1.165) is 19.4 Å². The van der Waals surface area contributed by atoms with Crippen LogP contribution in [0.3, 0.4) is 0 Å². The Labute approximate surface area is 98.8 Å². The second-order valence-corrected chi connectivity index (χ2v) is 4.50. The van der Waals surface area contributed by atoms with Gasteiger partial charge in [-0.25, -0.2) is 4.39 Å². The SMILES string of the molecule is O=C(c1cc(F)cc(Cl)c1)C1CCCNC1. The van der Waals surface area contributed by atoms with Crippen LogP contribution >= 0.6 is 11.6 Å². The number of ketones is 1. The van der Waals surface area contributed by atoms with Crippen molar-refractivity contribution in [2.75, 3.05) is 13.1 Å². The number of rotatable bonds is 2. The first-order valence-corrected chi connectivity index (χ1v) is 5.75. The van der Waals surface area contributed by atoms with Crippen molar-refractivity contribution in [3.8, 4) is 0 Å². The number of carbonyl (C=O) groups excluding carboxylic acids is 1. The maximum Gasteiger partial charge on any atom is 0.167 e. The molecule has 86 valence electrons. The molecule has 0 radical (unpaired) electrons. The van der Waals surface area contributed by atoms with Crippen molar-refractivity contribution in [1.82, 2.24) is 5.32 Å². The predicted octanol–water partition coefficient (Wildman–Crippen LogP) is 2.66. The van der Waals surface area contributed by atoms with Crippen LogP contribution in [-0.2, 0) is 0 Å². The van der Waals surface area contributed by atoms with Crippen LogP contribution < -0.4 is 5.32 Å². The molecule has 1 atom stereocenters. The quantitative estimate of drug-likeness (QED) is 0.807. The van der Waals surface area contributed by atoms with Gasteiger partial charge in [-0.2, -0.15) is 0 Å². The van der Waals surface area contributed by atoms with Crippen molar-refractivity contribution in [3.63, 3.8) is 0 Å². The molecule has 1 aromatic carbocycles. The highest BCUT2D eigenvalue weighted by atomic mass is 35.5. The Morgan fingerprint density at radius 1 is 1.44 bits per heavy atom. The van der Waals surface area contributed by atoms with E-state index >= 15 is 0 Å². The summed E-state index contributed by atoms with van der Waals surface area (Å²) in [6.07, 6.45) is 1.85. The second-order valence-electron chi connectivity index (χ2n) is 4.07. The van der Waals surface area contributed by atoms with Crippen LogP contribution in [0.2, 0.25) is 5.02 Å². The lowest BCUT2D eigenvalue weighted by Gasteiger charge is -2.21. The zero-order chi connectivity index (χ0) is 11.5. The van der Waals surface area contributed by atoms with Crippen LogP contribution in [0.25, 0.3) is 0 Å². The molecule has 2 nitrogen and oxygen atoms in total. The lowest BCUT2D eigenvalue weighted by Crippen LogP contribution is -2.34. The molecule has 0 saturated carbocycles. The van der Waals surface area contributed by atoms with Crippen molar-refractivity contribution in [1.29, 1.82) is 0 Å². The van der Waals surface area contributed by atoms with E-state index < -0.39 is 5.82 Å². The van der Waals surface area contributed by atoms with Crippen molar-refractivity contribution >= 4 is 17.4 Å². The molecule has 1 aliphatic heterocycles. The molecule has 1 fully saturated rings. The molecule has 1 aliphatic rings.